The highest BCUT2D eigenvalue weighted by atomic mass is 16.2. The quantitative estimate of drug-likeness (QED) is 0.766. The highest BCUT2D eigenvalue weighted by molar-refractivity contribution is 5.82. The van der Waals surface area contributed by atoms with Gasteiger partial charge in [0.15, 0.2) is 0 Å². The van der Waals surface area contributed by atoms with Gasteiger partial charge in [0.2, 0.25) is 5.91 Å². The molecule has 0 radical (unpaired) electrons. The third kappa shape index (κ3) is 3.23. The van der Waals surface area contributed by atoms with E-state index in [2.05, 4.69) is 36.4 Å². The van der Waals surface area contributed by atoms with Crippen LogP contribution >= 0.6 is 0 Å². The van der Waals surface area contributed by atoms with Gasteiger partial charge < -0.3 is 15.5 Å². The molecule has 0 aliphatic carbocycles. The topological polar surface area (TPSA) is 44.4 Å². The average Bonchev–Trinajstić information content (AvgIpc) is 2.33. The molecule has 0 aromatic rings. The van der Waals surface area contributed by atoms with Crippen molar-refractivity contribution >= 4 is 5.91 Å². The fraction of sp³-hybridized carbons (Fsp3) is 0.929. The van der Waals surface area contributed by atoms with Gasteiger partial charge >= 0.3 is 0 Å². The Morgan fingerprint density at radius 1 is 1.28 bits per heavy atom. The van der Waals surface area contributed by atoms with Gasteiger partial charge in [-0.25, -0.2) is 0 Å². The molecule has 0 aromatic heterocycles. The van der Waals surface area contributed by atoms with E-state index in [0.717, 1.165) is 32.5 Å². The van der Waals surface area contributed by atoms with Gasteiger partial charge in [-0.2, -0.15) is 0 Å². The molecule has 2 rings (SSSR count). The van der Waals surface area contributed by atoms with Crippen LogP contribution in [-0.2, 0) is 4.79 Å². The summed E-state index contributed by atoms with van der Waals surface area (Å²) in [6, 6.07) is 0.371. The van der Waals surface area contributed by atoms with Gasteiger partial charge in [-0.1, -0.05) is 13.8 Å². The van der Waals surface area contributed by atoms with Crippen LogP contribution in [0.2, 0.25) is 0 Å². The second-order valence-corrected chi connectivity index (χ2v) is 6.19. The Morgan fingerprint density at radius 2 is 2.06 bits per heavy atom. The summed E-state index contributed by atoms with van der Waals surface area (Å²) in [4.78, 5) is 14.7. The number of piperidine rings is 2. The number of nitrogens with one attached hydrogen (secondary N) is 2. The van der Waals surface area contributed by atoms with Gasteiger partial charge in [0.25, 0.3) is 0 Å². The van der Waals surface area contributed by atoms with Crippen LogP contribution < -0.4 is 10.6 Å². The van der Waals surface area contributed by atoms with Crippen molar-refractivity contribution in [3.8, 4) is 0 Å². The molecular weight excluding hydrogens is 226 g/mol. The van der Waals surface area contributed by atoms with Crippen LogP contribution in [0.15, 0.2) is 0 Å². The lowest BCUT2D eigenvalue weighted by molar-refractivity contribution is -0.126. The fourth-order valence-corrected chi connectivity index (χ4v) is 3.24. The Hall–Kier alpha value is -0.610. The second-order valence-electron chi connectivity index (χ2n) is 6.19. The van der Waals surface area contributed by atoms with Gasteiger partial charge in [0.05, 0.1) is 6.04 Å². The first-order chi connectivity index (χ1) is 8.58. The first kappa shape index (κ1) is 13.8. The van der Waals surface area contributed by atoms with Gasteiger partial charge in [0.1, 0.15) is 0 Å². The molecule has 2 aliphatic rings. The number of nitrogens with zero attached hydrogens (tertiary/aromatic N) is 1. The van der Waals surface area contributed by atoms with E-state index < -0.39 is 0 Å². The summed E-state index contributed by atoms with van der Waals surface area (Å²) in [7, 11) is 2.15. The Labute approximate surface area is 110 Å². The average molecular weight is 253 g/mol. The summed E-state index contributed by atoms with van der Waals surface area (Å²) in [6.07, 6.45) is 3.42. The molecule has 0 bridgehead atoms. The molecule has 0 saturated carbocycles. The number of rotatable bonds is 2. The number of amides is 1. The minimum atomic E-state index is 0.0191. The summed E-state index contributed by atoms with van der Waals surface area (Å²) < 4.78 is 0. The molecule has 4 unspecified atom stereocenters. The summed E-state index contributed by atoms with van der Waals surface area (Å²) in [5.41, 5.74) is 0. The van der Waals surface area contributed by atoms with Crippen LogP contribution in [0.25, 0.3) is 0 Å². The third-order valence-corrected chi connectivity index (χ3v) is 4.49. The third-order valence-electron chi connectivity index (χ3n) is 4.49. The summed E-state index contributed by atoms with van der Waals surface area (Å²) in [5.74, 6) is 1.22. The van der Waals surface area contributed by atoms with Crippen LogP contribution in [0, 0.1) is 11.8 Å². The van der Waals surface area contributed by atoms with E-state index in [1.54, 1.807) is 0 Å². The Bertz CT molecular complexity index is 295. The maximum atomic E-state index is 12.3. The maximum absolute atomic E-state index is 12.3. The van der Waals surface area contributed by atoms with E-state index in [0.29, 0.717) is 17.9 Å². The lowest BCUT2D eigenvalue weighted by atomic mass is 9.90. The van der Waals surface area contributed by atoms with Gasteiger partial charge in [-0.05, 0) is 51.2 Å². The van der Waals surface area contributed by atoms with Crippen LogP contribution in [0.4, 0.5) is 0 Å². The van der Waals surface area contributed by atoms with Gasteiger partial charge in [-0.15, -0.1) is 0 Å². The van der Waals surface area contributed by atoms with Crippen LogP contribution in [0.3, 0.4) is 0 Å². The van der Waals surface area contributed by atoms with Crippen molar-refractivity contribution in [2.45, 2.75) is 45.2 Å². The van der Waals surface area contributed by atoms with E-state index in [4.69, 9.17) is 0 Å². The normalized spacial score (nSPS) is 38.4. The van der Waals surface area contributed by atoms with Crippen molar-refractivity contribution in [1.29, 1.82) is 0 Å². The summed E-state index contributed by atoms with van der Waals surface area (Å²) in [5, 5.41) is 6.62. The molecule has 2 aliphatic heterocycles. The summed E-state index contributed by atoms with van der Waals surface area (Å²) in [6.45, 7) is 7.56. The molecule has 4 nitrogen and oxygen atoms in total. The van der Waals surface area contributed by atoms with Crippen LogP contribution in [0.1, 0.15) is 33.1 Å². The zero-order valence-corrected chi connectivity index (χ0v) is 11.9. The SMILES string of the molecule is CC1CN(C)CCC1NC(=O)C1NCCCC1C. The van der Waals surface area contributed by atoms with Gasteiger partial charge in [-0.3, -0.25) is 4.79 Å². The Balaban J connectivity index is 1.86. The molecule has 4 atom stereocenters. The minimum absolute atomic E-state index is 0.0191. The Morgan fingerprint density at radius 3 is 2.72 bits per heavy atom. The molecule has 0 spiro atoms. The zero-order valence-electron chi connectivity index (χ0n) is 11.9. The molecule has 2 fully saturated rings. The number of carbonyl (C=O) groups excluding carboxylic acids is 1. The monoisotopic (exact) mass is 253 g/mol. The molecule has 0 aromatic carbocycles. The number of hydrogen-bond donors (Lipinski definition) is 2. The van der Waals surface area contributed by atoms with Crippen LogP contribution in [0.5, 0.6) is 0 Å². The van der Waals surface area contributed by atoms with Crippen molar-refractivity contribution in [2.75, 3.05) is 26.7 Å². The number of likely N-dealkylation sites (tertiary alicyclic amines) is 1. The zero-order chi connectivity index (χ0) is 13.1. The van der Waals surface area contributed by atoms with Crippen LogP contribution in [-0.4, -0.2) is 49.6 Å². The number of hydrogen-bond acceptors (Lipinski definition) is 3. The predicted octanol–water partition coefficient (Wildman–Crippen LogP) is 0.831. The molecule has 2 saturated heterocycles. The largest absolute Gasteiger partial charge is 0.352 e. The molecule has 18 heavy (non-hydrogen) atoms. The van der Waals surface area contributed by atoms with Crippen molar-refractivity contribution in [3.63, 3.8) is 0 Å². The molecule has 104 valence electrons. The minimum Gasteiger partial charge on any atom is -0.352 e. The first-order valence-electron chi connectivity index (χ1n) is 7.30. The summed E-state index contributed by atoms with van der Waals surface area (Å²) >= 11 is 0. The molecular formula is C14H27N3O. The van der Waals surface area contributed by atoms with E-state index in [1.165, 1.54) is 6.42 Å². The maximum Gasteiger partial charge on any atom is 0.237 e. The lowest BCUT2D eigenvalue weighted by Crippen LogP contribution is -2.56. The van der Waals surface area contributed by atoms with E-state index in [1.807, 2.05) is 0 Å². The Kier molecular flexibility index (Phi) is 4.62. The predicted molar refractivity (Wildman–Crippen MR) is 73.4 cm³/mol. The van der Waals surface area contributed by atoms with Crippen molar-refractivity contribution < 1.29 is 4.79 Å². The molecule has 2 N–H and O–H groups in total. The van der Waals surface area contributed by atoms with E-state index >= 15 is 0 Å². The first-order valence-corrected chi connectivity index (χ1v) is 7.30. The second kappa shape index (κ2) is 6.02. The standard InChI is InChI=1S/C14H27N3O/c1-10-5-4-7-15-13(10)14(18)16-12-6-8-17(3)9-11(12)2/h10-13,15H,4-9H2,1-3H3,(H,16,18). The van der Waals surface area contributed by atoms with Gasteiger partial charge in [0, 0.05) is 12.6 Å². The molecule has 2 heterocycles. The molecule has 4 heteroatoms. The highest BCUT2D eigenvalue weighted by Gasteiger charge is 2.31. The smallest absolute Gasteiger partial charge is 0.237 e. The lowest BCUT2D eigenvalue weighted by Gasteiger charge is -2.37. The fourth-order valence-electron chi connectivity index (χ4n) is 3.24. The van der Waals surface area contributed by atoms with E-state index in [9.17, 15) is 4.79 Å². The number of carbonyl (C=O) groups is 1. The highest BCUT2D eigenvalue weighted by Crippen LogP contribution is 2.18. The van der Waals surface area contributed by atoms with Crippen molar-refractivity contribution in [1.82, 2.24) is 15.5 Å². The van der Waals surface area contributed by atoms with Crippen molar-refractivity contribution in [2.24, 2.45) is 11.8 Å². The van der Waals surface area contributed by atoms with E-state index in [-0.39, 0.29) is 11.9 Å². The molecule has 1 amide bonds. The van der Waals surface area contributed by atoms with Crippen molar-refractivity contribution in [3.05, 3.63) is 0 Å².